The van der Waals surface area contributed by atoms with Gasteiger partial charge in [-0.3, -0.25) is 14.9 Å². The standard InChI is InChI=1S/C14H21N3O3/c1-3-8-15-14(18)10-16-13(4-2)11-6-5-7-12(9-11)17(19)20/h5-7,9,13,16H,3-4,8,10H2,1-2H3,(H,15,18). The largest absolute Gasteiger partial charge is 0.355 e. The summed E-state index contributed by atoms with van der Waals surface area (Å²) in [6, 6.07) is 6.44. The summed E-state index contributed by atoms with van der Waals surface area (Å²) in [5, 5.41) is 16.7. The topological polar surface area (TPSA) is 84.3 Å². The lowest BCUT2D eigenvalue weighted by atomic mass is 10.0. The second-order valence-electron chi connectivity index (χ2n) is 4.54. The summed E-state index contributed by atoms with van der Waals surface area (Å²) in [6.45, 7) is 4.83. The summed E-state index contributed by atoms with van der Waals surface area (Å²) in [7, 11) is 0. The van der Waals surface area contributed by atoms with Gasteiger partial charge in [-0.15, -0.1) is 0 Å². The van der Waals surface area contributed by atoms with E-state index >= 15 is 0 Å². The number of carbonyl (C=O) groups excluding carboxylic acids is 1. The number of nitro benzene ring substituents is 1. The van der Waals surface area contributed by atoms with E-state index in [1.54, 1.807) is 12.1 Å². The van der Waals surface area contributed by atoms with Crippen molar-refractivity contribution in [2.45, 2.75) is 32.7 Å². The number of amides is 1. The Morgan fingerprint density at radius 1 is 1.40 bits per heavy atom. The molecule has 0 aliphatic rings. The van der Waals surface area contributed by atoms with Crippen molar-refractivity contribution in [2.24, 2.45) is 0 Å². The van der Waals surface area contributed by atoms with Crippen LogP contribution in [0.3, 0.4) is 0 Å². The van der Waals surface area contributed by atoms with Gasteiger partial charge < -0.3 is 10.6 Å². The maximum absolute atomic E-state index is 11.5. The third-order valence-corrected chi connectivity index (χ3v) is 2.97. The third kappa shape index (κ3) is 4.97. The Labute approximate surface area is 118 Å². The lowest BCUT2D eigenvalue weighted by molar-refractivity contribution is -0.384. The third-order valence-electron chi connectivity index (χ3n) is 2.97. The Morgan fingerprint density at radius 2 is 2.15 bits per heavy atom. The van der Waals surface area contributed by atoms with Gasteiger partial charge in [0.25, 0.3) is 5.69 Å². The van der Waals surface area contributed by atoms with Gasteiger partial charge in [0.15, 0.2) is 0 Å². The van der Waals surface area contributed by atoms with E-state index in [4.69, 9.17) is 0 Å². The highest BCUT2D eigenvalue weighted by molar-refractivity contribution is 5.78. The quantitative estimate of drug-likeness (QED) is 0.564. The number of hydrogen-bond acceptors (Lipinski definition) is 4. The molecule has 1 unspecified atom stereocenters. The predicted molar refractivity (Wildman–Crippen MR) is 77.4 cm³/mol. The summed E-state index contributed by atoms with van der Waals surface area (Å²) < 4.78 is 0. The van der Waals surface area contributed by atoms with Crippen LogP contribution in [0.4, 0.5) is 5.69 Å². The summed E-state index contributed by atoms with van der Waals surface area (Å²) in [6.07, 6.45) is 1.65. The Hall–Kier alpha value is -1.95. The molecule has 0 spiro atoms. The van der Waals surface area contributed by atoms with Crippen molar-refractivity contribution in [3.8, 4) is 0 Å². The molecule has 0 bridgehead atoms. The van der Waals surface area contributed by atoms with Crippen LogP contribution in [-0.4, -0.2) is 23.9 Å². The number of benzene rings is 1. The Balaban J connectivity index is 2.64. The van der Waals surface area contributed by atoms with Crippen molar-refractivity contribution in [1.29, 1.82) is 0 Å². The monoisotopic (exact) mass is 279 g/mol. The maximum Gasteiger partial charge on any atom is 0.269 e. The minimum atomic E-state index is -0.413. The molecule has 0 aliphatic heterocycles. The number of nitrogens with zero attached hydrogens (tertiary/aromatic N) is 1. The van der Waals surface area contributed by atoms with Crippen LogP contribution in [0.1, 0.15) is 38.3 Å². The van der Waals surface area contributed by atoms with E-state index in [2.05, 4.69) is 10.6 Å². The second-order valence-corrected chi connectivity index (χ2v) is 4.54. The van der Waals surface area contributed by atoms with Gasteiger partial charge in [-0.25, -0.2) is 0 Å². The van der Waals surface area contributed by atoms with Gasteiger partial charge in [0.2, 0.25) is 5.91 Å². The first-order valence-electron chi connectivity index (χ1n) is 6.82. The van der Waals surface area contributed by atoms with E-state index in [1.807, 2.05) is 19.9 Å². The first-order chi connectivity index (χ1) is 9.58. The molecule has 0 radical (unpaired) electrons. The fourth-order valence-electron chi connectivity index (χ4n) is 1.90. The van der Waals surface area contributed by atoms with Crippen molar-refractivity contribution in [3.05, 3.63) is 39.9 Å². The molecule has 1 aromatic rings. The zero-order chi connectivity index (χ0) is 15.0. The highest BCUT2D eigenvalue weighted by Crippen LogP contribution is 2.21. The molecular formula is C14H21N3O3. The van der Waals surface area contributed by atoms with E-state index in [0.717, 1.165) is 18.4 Å². The van der Waals surface area contributed by atoms with Crippen molar-refractivity contribution < 1.29 is 9.72 Å². The summed E-state index contributed by atoms with van der Waals surface area (Å²) in [5.41, 5.74) is 0.892. The highest BCUT2D eigenvalue weighted by atomic mass is 16.6. The maximum atomic E-state index is 11.5. The molecule has 0 aromatic heterocycles. The SMILES string of the molecule is CCCNC(=O)CNC(CC)c1cccc([N+](=O)[O-])c1. The van der Waals surface area contributed by atoms with Gasteiger partial charge in [-0.2, -0.15) is 0 Å². The molecule has 0 aliphatic carbocycles. The minimum absolute atomic E-state index is 0.0595. The van der Waals surface area contributed by atoms with E-state index in [0.29, 0.717) is 6.54 Å². The molecule has 110 valence electrons. The predicted octanol–water partition coefficient (Wildman–Crippen LogP) is 2.16. The van der Waals surface area contributed by atoms with Gasteiger partial charge in [-0.05, 0) is 18.4 Å². The molecule has 6 nitrogen and oxygen atoms in total. The average Bonchev–Trinajstić information content (AvgIpc) is 2.46. The average molecular weight is 279 g/mol. The molecule has 1 atom stereocenters. The van der Waals surface area contributed by atoms with Crippen LogP contribution >= 0.6 is 0 Å². The van der Waals surface area contributed by atoms with Crippen LogP contribution in [0.2, 0.25) is 0 Å². The number of hydrogen-bond donors (Lipinski definition) is 2. The van der Waals surface area contributed by atoms with Crippen LogP contribution in [0.5, 0.6) is 0 Å². The van der Waals surface area contributed by atoms with Gasteiger partial charge >= 0.3 is 0 Å². The van der Waals surface area contributed by atoms with Gasteiger partial charge in [0, 0.05) is 24.7 Å². The number of rotatable bonds is 8. The normalized spacial score (nSPS) is 11.9. The van der Waals surface area contributed by atoms with Crippen LogP contribution in [0.25, 0.3) is 0 Å². The Morgan fingerprint density at radius 3 is 2.75 bits per heavy atom. The van der Waals surface area contributed by atoms with Crippen molar-refractivity contribution >= 4 is 11.6 Å². The second kappa shape index (κ2) is 8.27. The fraction of sp³-hybridized carbons (Fsp3) is 0.500. The molecular weight excluding hydrogens is 258 g/mol. The zero-order valence-corrected chi connectivity index (χ0v) is 11.9. The smallest absolute Gasteiger partial charge is 0.269 e. The van der Waals surface area contributed by atoms with E-state index in [-0.39, 0.29) is 24.2 Å². The first-order valence-corrected chi connectivity index (χ1v) is 6.82. The fourth-order valence-corrected chi connectivity index (χ4v) is 1.90. The van der Waals surface area contributed by atoms with Crippen LogP contribution in [-0.2, 0) is 4.79 Å². The van der Waals surface area contributed by atoms with Crippen LogP contribution in [0.15, 0.2) is 24.3 Å². The molecule has 1 aromatic carbocycles. The summed E-state index contributed by atoms with van der Waals surface area (Å²) in [5.74, 6) is -0.0595. The lowest BCUT2D eigenvalue weighted by Crippen LogP contribution is -2.35. The minimum Gasteiger partial charge on any atom is -0.355 e. The Bertz CT molecular complexity index is 463. The highest BCUT2D eigenvalue weighted by Gasteiger charge is 2.14. The van der Waals surface area contributed by atoms with Crippen molar-refractivity contribution in [1.82, 2.24) is 10.6 Å². The number of non-ortho nitro benzene ring substituents is 1. The zero-order valence-electron chi connectivity index (χ0n) is 11.9. The van der Waals surface area contributed by atoms with Gasteiger partial charge in [-0.1, -0.05) is 26.0 Å². The van der Waals surface area contributed by atoms with Crippen LogP contribution in [0, 0.1) is 10.1 Å². The van der Waals surface area contributed by atoms with E-state index < -0.39 is 4.92 Å². The molecule has 6 heteroatoms. The summed E-state index contributed by atoms with van der Waals surface area (Å²) in [4.78, 5) is 21.9. The molecule has 2 N–H and O–H groups in total. The van der Waals surface area contributed by atoms with Crippen molar-refractivity contribution in [2.75, 3.05) is 13.1 Å². The van der Waals surface area contributed by atoms with E-state index in [9.17, 15) is 14.9 Å². The van der Waals surface area contributed by atoms with Gasteiger partial charge in [0.05, 0.1) is 11.5 Å². The molecule has 0 heterocycles. The molecule has 0 saturated carbocycles. The number of carbonyl (C=O) groups is 1. The molecule has 1 amide bonds. The van der Waals surface area contributed by atoms with Crippen molar-refractivity contribution in [3.63, 3.8) is 0 Å². The number of nitro groups is 1. The van der Waals surface area contributed by atoms with Gasteiger partial charge in [0.1, 0.15) is 0 Å². The molecule has 0 saturated heterocycles. The molecule has 1 rings (SSSR count). The molecule has 20 heavy (non-hydrogen) atoms. The number of nitrogens with one attached hydrogen (secondary N) is 2. The van der Waals surface area contributed by atoms with E-state index in [1.165, 1.54) is 6.07 Å². The lowest BCUT2D eigenvalue weighted by Gasteiger charge is -2.17. The summed E-state index contributed by atoms with van der Waals surface area (Å²) >= 11 is 0. The first kappa shape index (κ1) is 16.1. The Kier molecular flexibility index (Phi) is 6.66. The van der Waals surface area contributed by atoms with Crippen LogP contribution < -0.4 is 10.6 Å². The molecule has 0 fully saturated rings.